The summed E-state index contributed by atoms with van der Waals surface area (Å²) >= 11 is 0. The van der Waals surface area contributed by atoms with Crippen molar-refractivity contribution in [1.29, 1.82) is 0 Å². The molecule has 1 fully saturated rings. The van der Waals surface area contributed by atoms with Crippen molar-refractivity contribution < 1.29 is 19.5 Å². The molecule has 0 spiro atoms. The van der Waals surface area contributed by atoms with Crippen LogP contribution >= 0.6 is 0 Å². The van der Waals surface area contributed by atoms with Crippen molar-refractivity contribution in [2.75, 3.05) is 13.1 Å². The number of aromatic carboxylic acids is 1. The van der Waals surface area contributed by atoms with Crippen LogP contribution < -0.4 is 5.73 Å². The summed E-state index contributed by atoms with van der Waals surface area (Å²) in [4.78, 5) is 40.1. The van der Waals surface area contributed by atoms with E-state index in [-0.39, 0.29) is 17.8 Å². The second kappa shape index (κ2) is 4.92. The monoisotopic (exact) mass is 277 g/mol. The summed E-state index contributed by atoms with van der Waals surface area (Å²) in [6.07, 6.45) is 1.83. The number of hydrogen-bond donors (Lipinski definition) is 2. The minimum absolute atomic E-state index is 0.117. The molecule has 1 aliphatic rings. The molecule has 1 saturated heterocycles. The van der Waals surface area contributed by atoms with Crippen molar-refractivity contribution >= 4 is 17.8 Å². The van der Waals surface area contributed by atoms with Crippen LogP contribution in [0.2, 0.25) is 0 Å². The predicted molar refractivity (Wildman–Crippen MR) is 69.0 cm³/mol. The Kier molecular flexibility index (Phi) is 3.44. The van der Waals surface area contributed by atoms with Crippen LogP contribution in [-0.2, 0) is 4.79 Å². The number of carbonyl (C=O) groups is 3. The van der Waals surface area contributed by atoms with Crippen LogP contribution in [0.3, 0.4) is 0 Å². The number of nitrogens with two attached hydrogens (primary N) is 1. The SMILES string of the molecule is CC1(C(N)=O)CCN(C(=O)c2ncccc2C(=O)O)C1. The highest BCUT2D eigenvalue weighted by Crippen LogP contribution is 2.30. The third kappa shape index (κ3) is 2.34. The van der Waals surface area contributed by atoms with E-state index in [9.17, 15) is 14.4 Å². The fraction of sp³-hybridized carbons (Fsp3) is 0.385. The Morgan fingerprint density at radius 1 is 1.45 bits per heavy atom. The van der Waals surface area contributed by atoms with Crippen LogP contribution in [0.4, 0.5) is 0 Å². The molecule has 0 radical (unpaired) electrons. The minimum atomic E-state index is -1.21. The number of rotatable bonds is 3. The van der Waals surface area contributed by atoms with Crippen LogP contribution in [0.5, 0.6) is 0 Å². The lowest BCUT2D eigenvalue weighted by atomic mass is 9.89. The first-order valence-electron chi connectivity index (χ1n) is 6.12. The molecule has 2 rings (SSSR count). The highest BCUT2D eigenvalue weighted by Gasteiger charge is 2.41. The van der Waals surface area contributed by atoms with Crippen LogP contribution in [0.15, 0.2) is 18.3 Å². The predicted octanol–water partition coefficient (Wildman–Crippen LogP) is 0.117. The molecular weight excluding hydrogens is 262 g/mol. The Morgan fingerprint density at radius 3 is 2.70 bits per heavy atom. The summed E-state index contributed by atoms with van der Waals surface area (Å²) in [5.74, 6) is -2.17. The summed E-state index contributed by atoms with van der Waals surface area (Å²) < 4.78 is 0. The molecule has 1 aromatic heterocycles. The van der Waals surface area contributed by atoms with E-state index in [2.05, 4.69) is 4.98 Å². The third-order valence-corrected chi connectivity index (χ3v) is 3.60. The standard InChI is InChI=1S/C13H15N3O4/c1-13(12(14)20)4-6-16(7-13)10(17)9-8(11(18)19)3-2-5-15-9/h2-3,5H,4,6-7H2,1H3,(H2,14,20)(H,18,19). The summed E-state index contributed by atoms with van der Waals surface area (Å²) in [6, 6.07) is 2.78. The van der Waals surface area contributed by atoms with E-state index in [0.29, 0.717) is 13.0 Å². The van der Waals surface area contributed by atoms with Gasteiger partial charge in [-0.1, -0.05) is 0 Å². The molecule has 0 saturated carbocycles. The Bertz CT molecular complexity index is 587. The molecule has 1 atom stereocenters. The number of pyridine rings is 1. The number of carbonyl (C=O) groups excluding carboxylic acids is 2. The number of likely N-dealkylation sites (tertiary alicyclic amines) is 1. The number of carboxylic acids is 1. The number of aromatic nitrogens is 1. The van der Waals surface area contributed by atoms with Crippen LogP contribution in [0, 0.1) is 5.41 Å². The number of amides is 2. The molecule has 1 aromatic rings. The van der Waals surface area contributed by atoms with E-state index >= 15 is 0 Å². The normalized spacial score (nSPS) is 21.8. The molecule has 7 nitrogen and oxygen atoms in total. The lowest BCUT2D eigenvalue weighted by molar-refractivity contribution is -0.126. The maximum Gasteiger partial charge on any atom is 0.338 e. The van der Waals surface area contributed by atoms with Crippen molar-refractivity contribution in [2.45, 2.75) is 13.3 Å². The number of nitrogens with zero attached hydrogens (tertiary/aromatic N) is 2. The number of hydrogen-bond acceptors (Lipinski definition) is 4. The molecule has 2 heterocycles. The van der Waals surface area contributed by atoms with Gasteiger partial charge in [0.25, 0.3) is 5.91 Å². The van der Waals surface area contributed by atoms with Crippen LogP contribution in [0.25, 0.3) is 0 Å². The average Bonchev–Trinajstić information content (AvgIpc) is 2.82. The zero-order valence-corrected chi connectivity index (χ0v) is 11.0. The second-order valence-corrected chi connectivity index (χ2v) is 5.11. The molecule has 1 unspecified atom stereocenters. The van der Waals surface area contributed by atoms with Gasteiger partial charge in [-0.25, -0.2) is 4.79 Å². The fourth-order valence-corrected chi connectivity index (χ4v) is 2.23. The first-order chi connectivity index (χ1) is 9.35. The van der Waals surface area contributed by atoms with Crippen molar-refractivity contribution in [3.8, 4) is 0 Å². The van der Waals surface area contributed by atoms with Crippen molar-refractivity contribution in [3.63, 3.8) is 0 Å². The van der Waals surface area contributed by atoms with Gasteiger partial charge in [0.2, 0.25) is 5.91 Å². The Hall–Kier alpha value is -2.44. The van der Waals surface area contributed by atoms with Gasteiger partial charge in [0, 0.05) is 19.3 Å². The summed E-state index contributed by atoms with van der Waals surface area (Å²) in [5.41, 5.74) is 4.29. The van der Waals surface area contributed by atoms with Gasteiger partial charge < -0.3 is 15.7 Å². The lowest BCUT2D eigenvalue weighted by Crippen LogP contribution is -2.39. The van der Waals surface area contributed by atoms with Gasteiger partial charge in [-0.15, -0.1) is 0 Å². The van der Waals surface area contributed by atoms with Crippen LogP contribution in [0.1, 0.15) is 34.2 Å². The van der Waals surface area contributed by atoms with E-state index in [4.69, 9.17) is 10.8 Å². The summed E-state index contributed by atoms with van der Waals surface area (Å²) in [6.45, 7) is 2.23. The van der Waals surface area contributed by atoms with Gasteiger partial charge in [0.15, 0.2) is 0 Å². The van der Waals surface area contributed by atoms with Crippen molar-refractivity contribution in [1.82, 2.24) is 9.88 Å². The Balaban J connectivity index is 2.26. The zero-order chi connectivity index (χ0) is 14.9. The van der Waals surface area contributed by atoms with Gasteiger partial charge in [-0.3, -0.25) is 14.6 Å². The molecule has 3 N–H and O–H groups in total. The first kappa shape index (κ1) is 14.0. The van der Waals surface area contributed by atoms with Crippen molar-refractivity contribution in [2.24, 2.45) is 11.1 Å². The van der Waals surface area contributed by atoms with E-state index in [1.165, 1.54) is 23.2 Å². The molecule has 0 aromatic carbocycles. The highest BCUT2D eigenvalue weighted by molar-refractivity contribution is 6.03. The maximum atomic E-state index is 12.3. The molecular formula is C13H15N3O4. The molecule has 106 valence electrons. The topological polar surface area (TPSA) is 114 Å². The van der Waals surface area contributed by atoms with E-state index in [0.717, 1.165) is 0 Å². The molecule has 1 aliphatic heterocycles. The van der Waals surface area contributed by atoms with E-state index < -0.39 is 23.2 Å². The number of carboxylic acid groups (broad SMARTS) is 1. The highest BCUT2D eigenvalue weighted by atomic mass is 16.4. The van der Waals surface area contributed by atoms with E-state index in [1.807, 2.05) is 0 Å². The summed E-state index contributed by atoms with van der Waals surface area (Å²) in [5, 5.41) is 9.06. The fourth-order valence-electron chi connectivity index (χ4n) is 2.23. The van der Waals surface area contributed by atoms with Gasteiger partial charge in [-0.05, 0) is 25.5 Å². The maximum absolute atomic E-state index is 12.3. The molecule has 7 heteroatoms. The zero-order valence-electron chi connectivity index (χ0n) is 11.0. The lowest BCUT2D eigenvalue weighted by Gasteiger charge is -2.21. The summed E-state index contributed by atoms with van der Waals surface area (Å²) in [7, 11) is 0. The van der Waals surface area contributed by atoms with Crippen molar-refractivity contribution in [3.05, 3.63) is 29.6 Å². The molecule has 0 aliphatic carbocycles. The quantitative estimate of drug-likeness (QED) is 0.814. The smallest absolute Gasteiger partial charge is 0.338 e. The Labute approximate surface area is 115 Å². The number of primary amides is 1. The van der Waals surface area contributed by atoms with Gasteiger partial charge >= 0.3 is 5.97 Å². The Morgan fingerprint density at radius 2 is 2.15 bits per heavy atom. The van der Waals surface area contributed by atoms with Gasteiger partial charge in [-0.2, -0.15) is 0 Å². The molecule has 0 bridgehead atoms. The average molecular weight is 277 g/mol. The molecule has 20 heavy (non-hydrogen) atoms. The van der Waals surface area contributed by atoms with Gasteiger partial charge in [0.05, 0.1) is 11.0 Å². The van der Waals surface area contributed by atoms with Crippen LogP contribution in [-0.4, -0.2) is 45.9 Å². The van der Waals surface area contributed by atoms with E-state index in [1.54, 1.807) is 6.92 Å². The molecule has 2 amide bonds. The second-order valence-electron chi connectivity index (χ2n) is 5.11. The van der Waals surface area contributed by atoms with Gasteiger partial charge in [0.1, 0.15) is 5.69 Å². The first-order valence-corrected chi connectivity index (χ1v) is 6.12. The minimum Gasteiger partial charge on any atom is -0.478 e. The third-order valence-electron chi connectivity index (χ3n) is 3.60. The largest absolute Gasteiger partial charge is 0.478 e.